The van der Waals surface area contributed by atoms with Crippen LogP contribution in [0.15, 0.2) is 53.6 Å². The lowest BCUT2D eigenvalue weighted by molar-refractivity contribution is 0.302. The lowest BCUT2D eigenvalue weighted by Gasteiger charge is -2.16. The molecule has 0 fully saturated rings. The average Bonchev–Trinajstić information content (AvgIpc) is 2.73. The van der Waals surface area contributed by atoms with Gasteiger partial charge in [0, 0.05) is 23.5 Å². The third kappa shape index (κ3) is 5.32. The Labute approximate surface area is 186 Å². The first-order chi connectivity index (χ1) is 14.8. The van der Waals surface area contributed by atoms with E-state index >= 15 is 0 Å². The third-order valence-corrected chi connectivity index (χ3v) is 5.62. The monoisotopic (exact) mass is 415 g/mol. The van der Waals surface area contributed by atoms with Crippen molar-refractivity contribution in [2.75, 3.05) is 5.43 Å². The maximum atomic E-state index is 6.18. The summed E-state index contributed by atoms with van der Waals surface area (Å²) in [7, 11) is 0. The molecule has 162 valence electrons. The molecule has 0 amide bonds. The number of benzene rings is 2. The van der Waals surface area contributed by atoms with Gasteiger partial charge in [0.05, 0.1) is 11.4 Å². The van der Waals surface area contributed by atoms with E-state index in [-0.39, 0.29) is 0 Å². The van der Waals surface area contributed by atoms with Crippen molar-refractivity contribution in [1.29, 1.82) is 0 Å². The van der Waals surface area contributed by atoms with E-state index in [9.17, 15) is 0 Å². The molecule has 31 heavy (non-hydrogen) atoms. The SMILES string of the molecule is C=NNc1ccc(C(C)C)c(-c2ccc(COc3cc(C(C)C)ccc3C)c(C)n2)c1. The number of hydrogen-bond acceptors (Lipinski definition) is 4. The molecule has 0 atom stereocenters. The van der Waals surface area contributed by atoms with E-state index in [1.54, 1.807) is 0 Å². The first kappa shape index (κ1) is 22.5. The van der Waals surface area contributed by atoms with Crippen molar-refractivity contribution >= 4 is 12.4 Å². The van der Waals surface area contributed by atoms with Crippen LogP contribution >= 0.6 is 0 Å². The summed E-state index contributed by atoms with van der Waals surface area (Å²) in [6, 6.07) is 16.9. The zero-order valence-corrected chi connectivity index (χ0v) is 19.5. The minimum Gasteiger partial charge on any atom is -0.489 e. The largest absolute Gasteiger partial charge is 0.489 e. The minimum absolute atomic E-state index is 0.391. The molecule has 0 aliphatic carbocycles. The number of nitrogens with one attached hydrogen (secondary N) is 1. The summed E-state index contributed by atoms with van der Waals surface area (Å²) in [6.07, 6.45) is 0. The fraction of sp³-hybridized carbons (Fsp3) is 0.333. The zero-order valence-electron chi connectivity index (χ0n) is 19.5. The van der Waals surface area contributed by atoms with Gasteiger partial charge in [-0.2, -0.15) is 5.10 Å². The van der Waals surface area contributed by atoms with E-state index in [0.717, 1.165) is 39.5 Å². The number of pyridine rings is 1. The van der Waals surface area contributed by atoms with Gasteiger partial charge in [-0.15, -0.1) is 0 Å². The molecule has 0 radical (unpaired) electrons. The molecule has 3 rings (SSSR count). The topological polar surface area (TPSA) is 46.5 Å². The molecule has 4 nitrogen and oxygen atoms in total. The Bertz CT molecular complexity index is 1070. The molecule has 3 aromatic rings. The number of aromatic nitrogens is 1. The van der Waals surface area contributed by atoms with Gasteiger partial charge in [0.25, 0.3) is 0 Å². The Morgan fingerprint density at radius 2 is 1.74 bits per heavy atom. The fourth-order valence-corrected chi connectivity index (χ4v) is 3.62. The van der Waals surface area contributed by atoms with Crippen molar-refractivity contribution in [2.45, 2.75) is 60.0 Å². The normalized spacial score (nSPS) is 11.1. The molecule has 0 aliphatic heterocycles. The van der Waals surface area contributed by atoms with Crippen molar-refractivity contribution in [2.24, 2.45) is 5.10 Å². The van der Waals surface area contributed by atoms with E-state index in [0.29, 0.717) is 18.4 Å². The Kier molecular flexibility index (Phi) is 7.11. The predicted molar refractivity (Wildman–Crippen MR) is 131 cm³/mol. The highest BCUT2D eigenvalue weighted by Gasteiger charge is 2.13. The number of aryl methyl sites for hydroxylation is 2. The maximum Gasteiger partial charge on any atom is 0.123 e. The second kappa shape index (κ2) is 9.78. The van der Waals surface area contributed by atoms with Crippen molar-refractivity contribution < 1.29 is 4.74 Å². The quantitative estimate of drug-likeness (QED) is 0.312. The summed E-state index contributed by atoms with van der Waals surface area (Å²) in [4.78, 5) is 4.91. The van der Waals surface area contributed by atoms with Gasteiger partial charge in [-0.05, 0) is 66.6 Å². The summed E-state index contributed by atoms with van der Waals surface area (Å²) in [5.41, 5.74) is 11.7. The molecule has 0 spiro atoms. The first-order valence-corrected chi connectivity index (χ1v) is 10.9. The minimum atomic E-state index is 0.391. The second-order valence-electron chi connectivity index (χ2n) is 8.64. The highest BCUT2D eigenvalue weighted by molar-refractivity contribution is 5.70. The lowest BCUT2D eigenvalue weighted by atomic mass is 9.94. The molecule has 0 aliphatic rings. The zero-order chi connectivity index (χ0) is 22.5. The highest BCUT2D eigenvalue weighted by Crippen LogP contribution is 2.32. The number of ether oxygens (including phenoxy) is 1. The van der Waals surface area contributed by atoms with Crippen LogP contribution in [0, 0.1) is 13.8 Å². The number of hydrazone groups is 1. The van der Waals surface area contributed by atoms with Crippen molar-refractivity contribution in [3.05, 3.63) is 76.5 Å². The lowest BCUT2D eigenvalue weighted by Crippen LogP contribution is -2.03. The Hall–Kier alpha value is -3.14. The maximum absolute atomic E-state index is 6.18. The molecule has 1 heterocycles. The average molecular weight is 416 g/mol. The van der Waals surface area contributed by atoms with Gasteiger partial charge < -0.3 is 4.74 Å². The number of anilines is 1. The van der Waals surface area contributed by atoms with Gasteiger partial charge in [0.15, 0.2) is 0 Å². The second-order valence-corrected chi connectivity index (χ2v) is 8.64. The van der Waals surface area contributed by atoms with Crippen LogP contribution in [0.2, 0.25) is 0 Å². The summed E-state index contributed by atoms with van der Waals surface area (Å²) in [5.74, 6) is 1.80. The van der Waals surface area contributed by atoms with Gasteiger partial charge in [-0.3, -0.25) is 10.4 Å². The summed E-state index contributed by atoms with van der Waals surface area (Å²) < 4.78 is 6.18. The standard InChI is InChI=1S/C27H33N3O/c1-17(2)21-9-8-19(5)27(14-21)31-16-22-10-13-26(29-20(22)6)25-15-23(30-28-7)11-12-24(25)18(3)4/h8-15,17-18,30H,7,16H2,1-6H3. The molecular weight excluding hydrogens is 382 g/mol. The highest BCUT2D eigenvalue weighted by atomic mass is 16.5. The van der Waals surface area contributed by atoms with Crippen LogP contribution in [0.1, 0.15) is 67.5 Å². The van der Waals surface area contributed by atoms with E-state index in [4.69, 9.17) is 9.72 Å². The molecule has 0 bridgehead atoms. The fourth-order valence-electron chi connectivity index (χ4n) is 3.62. The molecule has 1 N–H and O–H groups in total. The smallest absolute Gasteiger partial charge is 0.123 e. The van der Waals surface area contributed by atoms with Gasteiger partial charge in [0.1, 0.15) is 12.4 Å². The van der Waals surface area contributed by atoms with Gasteiger partial charge in [-0.1, -0.05) is 52.0 Å². The van der Waals surface area contributed by atoms with Gasteiger partial charge >= 0.3 is 0 Å². The van der Waals surface area contributed by atoms with E-state index in [1.165, 1.54) is 11.1 Å². The number of hydrogen-bond donors (Lipinski definition) is 1. The van der Waals surface area contributed by atoms with Gasteiger partial charge in [-0.25, -0.2) is 0 Å². The van der Waals surface area contributed by atoms with E-state index in [1.807, 2.05) is 13.0 Å². The summed E-state index contributed by atoms with van der Waals surface area (Å²) in [6.45, 7) is 16.9. The third-order valence-electron chi connectivity index (χ3n) is 5.62. The van der Waals surface area contributed by atoms with E-state index in [2.05, 4.69) is 94.3 Å². The van der Waals surface area contributed by atoms with Crippen LogP contribution in [-0.4, -0.2) is 11.7 Å². The Balaban J connectivity index is 1.87. The molecule has 0 unspecified atom stereocenters. The van der Waals surface area contributed by atoms with Crippen molar-refractivity contribution in [1.82, 2.24) is 4.98 Å². The molecule has 0 saturated heterocycles. The van der Waals surface area contributed by atoms with Crippen LogP contribution in [0.5, 0.6) is 5.75 Å². The van der Waals surface area contributed by atoms with Crippen LogP contribution < -0.4 is 10.2 Å². The predicted octanol–water partition coefficient (Wildman–Crippen LogP) is 7.22. The van der Waals surface area contributed by atoms with Crippen LogP contribution in [0.25, 0.3) is 11.3 Å². The molecule has 4 heteroatoms. The van der Waals surface area contributed by atoms with Crippen LogP contribution in [0.3, 0.4) is 0 Å². The van der Waals surface area contributed by atoms with Crippen LogP contribution in [0.4, 0.5) is 5.69 Å². The van der Waals surface area contributed by atoms with Crippen LogP contribution in [-0.2, 0) is 6.61 Å². The van der Waals surface area contributed by atoms with E-state index < -0.39 is 0 Å². The Morgan fingerprint density at radius 3 is 2.39 bits per heavy atom. The van der Waals surface area contributed by atoms with Gasteiger partial charge in [0.2, 0.25) is 0 Å². The Morgan fingerprint density at radius 1 is 0.968 bits per heavy atom. The molecule has 1 aromatic heterocycles. The summed E-state index contributed by atoms with van der Waals surface area (Å²) >= 11 is 0. The van der Waals surface area contributed by atoms with Crippen molar-refractivity contribution in [3.63, 3.8) is 0 Å². The number of rotatable bonds is 8. The molecule has 0 saturated carbocycles. The molecule has 2 aromatic carbocycles. The number of nitrogens with zero attached hydrogens (tertiary/aromatic N) is 2. The summed E-state index contributed by atoms with van der Waals surface area (Å²) in [5, 5.41) is 3.79. The van der Waals surface area contributed by atoms with Crippen molar-refractivity contribution in [3.8, 4) is 17.0 Å². The first-order valence-electron chi connectivity index (χ1n) is 10.9. The molecular formula is C27H33N3O.